The van der Waals surface area contributed by atoms with Crippen molar-refractivity contribution in [1.29, 1.82) is 0 Å². The number of amides is 1. The van der Waals surface area contributed by atoms with Crippen molar-refractivity contribution >= 4 is 5.91 Å². The highest BCUT2D eigenvalue weighted by molar-refractivity contribution is 5.95. The number of nitrogens with zero attached hydrogens (tertiary/aromatic N) is 3. The minimum absolute atomic E-state index is 0.152. The van der Waals surface area contributed by atoms with E-state index < -0.39 is 0 Å². The number of hydrogen-bond acceptors (Lipinski definition) is 3. The van der Waals surface area contributed by atoms with Gasteiger partial charge in [-0.1, -0.05) is 12.1 Å². The van der Waals surface area contributed by atoms with E-state index in [4.69, 9.17) is 0 Å². The Kier molecular flexibility index (Phi) is 3.22. The van der Waals surface area contributed by atoms with Crippen molar-refractivity contribution in [3.05, 3.63) is 42.1 Å². The summed E-state index contributed by atoms with van der Waals surface area (Å²) in [4.78, 5) is 17.1. The third-order valence-electron chi connectivity index (χ3n) is 5.06. The molecule has 2 aromatic rings. The predicted molar refractivity (Wildman–Crippen MR) is 84.5 cm³/mol. The van der Waals surface area contributed by atoms with Gasteiger partial charge in [-0.15, -0.1) is 0 Å². The summed E-state index contributed by atoms with van der Waals surface area (Å²) < 4.78 is 0. The molecular weight excluding hydrogens is 276 g/mol. The van der Waals surface area contributed by atoms with Crippen LogP contribution in [0.3, 0.4) is 0 Å². The minimum atomic E-state index is 0.152. The molecule has 2 atom stereocenters. The van der Waals surface area contributed by atoms with Crippen molar-refractivity contribution in [2.45, 2.75) is 12.5 Å². The highest BCUT2D eigenvalue weighted by Gasteiger charge is 2.41. The van der Waals surface area contributed by atoms with Gasteiger partial charge in [-0.25, -0.2) is 0 Å². The van der Waals surface area contributed by atoms with Gasteiger partial charge in [0.05, 0.1) is 5.69 Å². The molecule has 0 saturated carbocycles. The molecule has 2 aliphatic rings. The van der Waals surface area contributed by atoms with E-state index in [0.717, 1.165) is 36.5 Å². The number of carbonyl (C=O) groups is 1. The van der Waals surface area contributed by atoms with Gasteiger partial charge in [0.15, 0.2) is 0 Å². The molecule has 22 heavy (non-hydrogen) atoms. The Morgan fingerprint density at radius 1 is 1.23 bits per heavy atom. The van der Waals surface area contributed by atoms with Gasteiger partial charge < -0.3 is 9.80 Å². The van der Waals surface area contributed by atoms with E-state index in [-0.39, 0.29) is 5.91 Å². The van der Waals surface area contributed by atoms with Gasteiger partial charge in [0.1, 0.15) is 0 Å². The topological polar surface area (TPSA) is 52.2 Å². The van der Waals surface area contributed by atoms with E-state index in [1.54, 1.807) is 6.20 Å². The van der Waals surface area contributed by atoms with Gasteiger partial charge in [0.2, 0.25) is 0 Å². The van der Waals surface area contributed by atoms with Crippen molar-refractivity contribution in [2.24, 2.45) is 5.92 Å². The van der Waals surface area contributed by atoms with Crippen LogP contribution in [0.15, 0.2) is 36.5 Å². The van der Waals surface area contributed by atoms with Crippen molar-refractivity contribution < 1.29 is 4.79 Å². The number of H-pyrrole nitrogens is 1. The van der Waals surface area contributed by atoms with Gasteiger partial charge >= 0.3 is 0 Å². The third kappa shape index (κ3) is 2.22. The van der Waals surface area contributed by atoms with Crippen molar-refractivity contribution in [2.75, 3.05) is 26.7 Å². The maximum absolute atomic E-state index is 12.7. The van der Waals surface area contributed by atoms with Crippen LogP contribution in [0.4, 0.5) is 0 Å². The molecule has 0 spiro atoms. The molecule has 5 heteroatoms. The number of likely N-dealkylation sites (N-methyl/N-ethyl adjacent to an activating group) is 1. The van der Waals surface area contributed by atoms with Crippen LogP contribution >= 0.6 is 0 Å². The first-order chi connectivity index (χ1) is 10.7. The Hall–Kier alpha value is -2.14. The summed E-state index contributed by atoms with van der Waals surface area (Å²) in [5.74, 6) is 0.803. The molecule has 2 fully saturated rings. The van der Waals surface area contributed by atoms with E-state index >= 15 is 0 Å². The number of nitrogens with one attached hydrogen (secondary N) is 1. The quantitative estimate of drug-likeness (QED) is 0.920. The smallest absolute Gasteiger partial charge is 0.253 e. The van der Waals surface area contributed by atoms with Gasteiger partial charge in [-0.2, -0.15) is 5.10 Å². The van der Waals surface area contributed by atoms with Crippen LogP contribution in [0.2, 0.25) is 0 Å². The Bertz CT molecular complexity index is 664. The molecule has 0 aliphatic carbocycles. The fraction of sp³-hybridized carbons (Fsp3) is 0.412. The minimum Gasteiger partial charge on any atom is -0.337 e. The molecule has 4 rings (SSSR count). The fourth-order valence-corrected chi connectivity index (χ4v) is 3.73. The molecule has 2 saturated heterocycles. The van der Waals surface area contributed by atoms with E-state index in [1.807, 2.05) is 35.2 Å². The summed E-state index contributed by atoms with van der Waals surface area (Å²) in [6.07, 6.45) is 2.94. The summed E-state index contributed by atoms with van der Waals surface area (Å²) in [5, 5.41) is 6.89. The SMILES string of the molecule is CN1CC[C@@H]2CN(C(=O)c3ccc(-c4ccn[nH]4)cc3)C[C@@H]21. The van der Waals surface area contributed by atoms with Crippen molar-refractivity contribution in [3.8, 4) is 11.3 Å². The summed E-state index contributed by atoms with van der Waals surface area (Å²) in [6, 6.07) is 10.3. The average Bonchev–Trinajstić information content (AvgIpc) is 3.26. The number of likely N-dealkylation sites (tertiary alicyclic amines) is 2. The first-order valence-electron chi connectivity index (χ1n) is 7.82. The summed E-state index contributed by atoms with van der Waals surface area (Å²) in [5.41, 5.74) is 2.79. The molecule has 0 radical (unpaired) electrons. The maximum Gasteiger partial charge on any atom is 0.253 e. The second-order valence-corrected chi connectivity index (χ2v) is 6.35. The lowest BCUT2D eigenvalue weighted by Gasteiger charge is -2.20. The Morgan fingerprint density at radius 3 is 2.73 bits per heavy atom. The molecule has 114 valence electrons. The zero-order chi connectivity index (χ0) is 15.1. The highest BCUT2D eigenvalue weighted by Crippen LogP contribution is 2.31. The lowest BCUT2D eigenvalue weighted by atomic mass is 10.1. The number of aromatic nitrogens is 2. The number of aromatic amines is 1. The zero-order valence-corrected chi connectivity index (χ0v) is 12.7. The van der Waals surface area contributed by atoms with Gasteiger partial charge in [0, 0.05) is 30.9 Å². The lowest BCUT2D eigenvalue weighted by Crippen LogP contribution is -2.35. The number of hydrogen-bond donors (Lipinski definition) is 1. The van der Waals surface area contributed by atoms with Gasteiger partial charge in [-0.3, -0.25) is 9.89 Å². The lowest BCUT2D eigenvalue weighted by molar-refractivity contribution is 0.0774. The monoisotopic (exact) mass is 296 g/mol. The van der Waals surface area contributed by atoms with Crippen LogP contribution in [0.25, 0.3) is 11.3 Å². The maximum atomic E-state index is 12.7. The summed E-state index contributed by atoms with van der Waals surface area (Å²) >= 11 is 0. The number of carbonyl (C=O) groups excluding carboxylic acids is 1. The van der Waals surface area contributed by atoms with Crippen LogP contribution in [-0.4, -0.2) is 58.6 Å². The average molecular weight is 296 g/mol. The molecule has 1 amide bonds. The molecule has 1 aromatic carbocycles. The second-order valence-electron chi connectivity index (χ2n) is 6.35. The first-order valence-corrected chi connectivity index (χ1v) is 7.82. The van der Waals surface area contributed by atoms with Crippen molar-refractivity contribution in [3.63, 3.8) is 0 Å². The molecule has 2 aliphatic heterocycles. The molecule has 1 N–H and O–H groups in total. The van der Waals surface area contributed by atoms with Crippen molar-refractivity contribution in [1.82, 2.24) is 20.0 Å². The normalized spacial score (nSPS) is 24.7. The van der Waals surface area contributed by atoms with Gasteiger partial charge in [0.25, 0.3) is 5.91 Å². The first kappa shape index (κ1) is 13.5. The fourth-order valence-electron chi connectivity index (χ4n) is 3.73. The Labute approximate surface area is 129 Å². The Morgan fingerprint density at radius 2 is 2.05 bits per heavy atom. The second kappa shape index (κ2) is 5.25. The standard InChI is InChI=1S/C17H20N4O/c1-20-9-7-14-10-21(11-16(14)20)17(22)13-4-2-12(3-5-13)15-6-8-18-19-15/h2-6,8,14,16H,7,9-11H2,1H3,(H,18,19)/t14-,16+/m1/s1. The number of benzene rings is 1. The molecule has 5 nitrogen and oxygen atoms in total. The van der Waals surface area contributed by atoms with E-state index in [0.29, 0.717) is 12.0 Å². The van der Waals surface area contributed by atoms with Crippen LogP contribution in [0.1, 0.15) is 16.8 Å². The summed E-state index contributed by atoms with van der Waals surface area (Å²) in [7, 11) is 2.16. The number of fused-ring (bicyclic) bond motifs is 1. The van der Waals surface area contributed by atoms with E-state index in [9.17, 15) is 4.79 Å². The molecule has 0 bridgehead atoms. The predicted octanol–water partition coefficient (Wildman–Crippen LogP) is 1.85. The van der Waals surface area contributed by atoms with Crippen LogP contribution in [0, 0.1) is 5.92 Å². The largest absolute Gasteiger partial charge is 0.337 e. The van der Waals surface area contributed by atoms with Crippen LogP contribution in [0.5, 0.6) is 0 Å². The summed E-state index contributed by atoms with van der Waals surface area (Å²) in [6.45, 7) is 2.93. The molecule has 3 heterocycles. The molecule has 1 aromatic heterocycles. The number of rotatable bonds is 2. The van der Waals surface area contributed by atoms with E-state index in [2.05, 4.69) is 22.1 Å². The zero-order valence-electron chi connectivity index (χ0n) is 12.7. The molecular formula is C17H20N4O. The third-order valence-corrected chi connectivity index (χ3v) is 5.06. The molecule has 0 unspecified atom stereocenters. The van der Waals surface area contributed by atoms with Crippen LogP contribution in [-0.2, 0) is 0 Å². The van der Waals surface area contributed by atoms with E-state index in [1.165, 1.54) is 6.42 Å². The Balaban J connectivity index is 1.49. The van der Waals surface area contributed by atoms with Crippen LogP contribution < -0.4 is 0 Å². The van der Waals surface area contributed by atoms with Gasteiger partial charge in [-0.05, 0) is 49.7 Å². The highest BCUT2D eigenvalue weighted by atomic mass is 16.2.